The molecule has 1 saturated heterocycles. The zero-order valence-electron chi connectivity index (χ0n) is 6.62. The predicted octanol–water partition coefficient (Wildman–Crippen LogP) is -0.874. The van der Waals surface area contributed by atoms with Crippen molar-refractivity contribution in [3.63, 3.8) is 0 Å². The van der Waals surface area contributed by atoms with E-state index in [0.717, 1.165) is 26.2 Å². The highest BCUT2D eigenvalue weighted by Gasteiger charge is 2.08. The fourth-order valence-electron chi connectivity index (χ4n) is 0.822. The zero-order chi connectivity index (χ0) is 5.98. The first kappa shape index (κ1) is 17.5. The third kappa shape index (κ3) is 6.80. The smallest absolute Gasteiger partial charge is 0.0256 e. The van der Waals surface area contributed by atoms with E-state index in [-0.39, 0.29) is 30.3 Å². The summed E-state index contributed by atoms with van der Waals surface area (Å²) in [5.74, 6) is 5.50. The lowest BCUT2D eigenvalue weighted by molar-refractivity contribution is 0.156. The molecular formula is C5H17Cl2N3O. The molecule has 0 aromatic carbocycles. The van der Waals surface area contributed by atoms with E-state index in [1.54, 1.807) is 0 Å². The molecule has 1 aliphatic rings. The number of nitrogens with zero attached hydrogens (tertiary/aromatic N) is 2. The Morgan fingerprint density at radius 3 is 1.64 bits per heavy atom. The van der Waals surface area contributed by atoms with Gasteiger partial charge in [0.15, 0.2) is 0 Å². The quantitative estimate of drug-likeness (QED) is 0.524. The third-order valence-corrected chi connectivity index (χ3v) is 1.54. The Balaban J connectivity index is -0.000000213. The summed E-state index contributed by atoms with van der Waals surface area (Å²) in [6, 6.07) is 0. The summed E-state index contributed by atoms with van der Waals surface area (Å²) in [5, 5.41) is 1.86. The molecule has 4 N–H and O–H groups in total. The molecule has 0 saturated carbocycles. The number of halogens is 2. The second-order valence-corrected chi connectivity index (χ2v) is 2.34. The molecule has 1 aliphatic heterocycles. The van der Waals surface area contributed by atoms with Gasteiger partial charge >= 0.3 is 0 Å². The number of likely N-dealkylation sites (N-methyl/N-ethyl adjacent to an activating group) is 1. The first-order chi connectivity index (χ1) is 3.79. The summed E-state index contributed by atoms with van der Waals surface area (Å²) in [6.45, 7) is 4.24. The molecule has 72 valence electrons. The first-order valence-electron chi connectivity index (χ1n) is 2.97. The van der Waals surface area contributed by atoms with Crippen molar-refractivity contribution in [2.45, 2.75) is 0 Å². The largest absolute Gasteiger partial charge is 0.412 e. The van der Waals surface area contributed by atoms with Gasteiger partial charge in [0.05, 0.1) is 0 Å². The van der Waals surface area contributed by atoms with Gasteiger partial charge in [0.25, 0.3) is 0 Å². The molecule has 0 aromatic heterocycles. The van der Waals surface area contributed by atoms with Crippen LogP contribution in [0.1, 0.15) is 0 Å². The van der Waals surface area contributed by atoms with Crippen LogP contribution in [0.5, 0.6) is 0 Å². The molecule has 0 bridgehead atoms. The van der Waals surface area contributed by atoms with Gasteiger partial charge in [0.1, 0.15) is 0 Å². The first-order valence-corrected chi connectivity index (χ1v) is 2.97. The second kappa shape index (κ2) is 8.52. The van der Waals surface area contributed by atoms with Gasteiger partial charge in [-0.3, -0.25) is 5.84 Å². The standard InChI is InChI=1S/C5H13N3.2ClH.H2O/c1-7-2-4-8(6)5-3-7;;;/h2-6H2,1H3;2*1H;1H2. The molecule has 1 rings (SSSR count). The van der Waals surface area contributed by atoms with E-state index in [4.69, 9.17) is 5.84 Å². The van der Waals surface area contributed by atoms with Crippen LogP contribution in [0.15, 0.2) is 0 Å². The lowest BCUT2D eigenvalue weighted by Gasteiger charge is -2.28. The van der Waals surface area contributed by atoms with E-state index in [9.17, 15) is 0 Å². The molecule has 0 aliphatic carbocycles. The molecule has 0 radical (unpaired) electrons. The van der Waals surface area contributed by atoms with E-state index in [0.29, 0.717) is 0 Å². The number of piperazine rings is 1. The number of nitrogens with two attached hydrogens (primary N) is 1. The molecule has 0 aromatic rings. The molecule has 1 heterocycles. The second-order valence-electron chi connectivity index (χ2n) is 2.34. The van der Waals surface area contributed by atoms with Crippen LogP contribution in [0.25, 0.3) is 0 Å². The molecule has 1 fully saturated rings. The minimum Gasteiger partial charge on any atom is -0.412 e. The summed E-state index contributed by atoms with van der Waals surface area (Å²) in [7, 11) is 2.12. The van der Waals surface area contributed by atoms with Crippen molar-refractivity contribution in [2.24, 2.45) is 5.84 Å². The van der Waals surface area contributed by atoms with Gasteiger partial charge in [-0.25, -0.2) is 5.01 Å². The van der Waals surface area contributed by atoms with Crippen LogP contribution in [0.2, 0.25) is 0 Å². The average molecular weight is 206 g/mol. The van der Waals surface area contributed by atoms with Crippen molar-refractivity contribution in [2.75, 3.05) is 33.2 Å². The maximum Gasteiger partial charge on any atom is 0.0256 e. The maximum absolute atomic E-state index is 5.50. The van der Waals surface area contributed by atoms with Gasteiger partial charge in [0, 0.05) is 26.2 Å². The Kier molecular flexibility index (Phi) is 13.5. The SMILES string of the molecule is CN1CCN(N)CC1.Cl.Cl.O. The van der Waals surface area contributed by atoms with Crippen LogP contribution in [-0.2, 0) is 0 Å². The Bertz CT molecular complexity index is 68.1. The van der Waals surface area contributed by atoms with Crippen molar-refractivity contribution >= 4 is 24.8 Å². The van der Waals surface area contributed by atoms with Crippen LogP contribution in [0.3, 0.4) is 0 Å². The summed E-state index contributed by atoms with van der Waals surface area (Å²) >= 11 is 0. The molecule has 6 heteroatoms. The number of hydrogen-bond donors (Lipinski definition) is 1. The molecule has 0 atom stereocenters. The number of hydrazine groups is 1. The maximum atomic E-state index is 5.50. The Labute approximate surface area is 79.8 Å². The number of hydrogen-bond acceptors (Lipinski definition) is 3. The molecule has 0 spiro atoms. The molecule has 0 amide bonds. The molecular weight excluding hydrogens is 189 g/mol. The topological polar surface area (TPSA) is 64.0 Å². The number of rotatable bonds is 0. The van der Waals surface area contributed by atoms with Gasteiger partial charge in [-0.15, -0.1) is 24.8 Å². The van der Waals surface area contributed by atoms with Crippen LogP contribution >= 0.6 is 24.8 Å². The zero-order valence-corrected chi connectivity index (χ0v) is 8.25. The van der Waals surface area contributed by atoms with E-state index in [1.807, 2.05) is 5.01 Å². The van der Waals surface area contributed by atoms with Crippen molar-refractivity contribution in [3.05, 3.63) is 0 Å². The van der Waals surface area contributed by atoms with E-state index >= 15 is 0 Å². The van der Waals surface area contributed by atoms with Gasteiger partial charge in [-0.1, -0.05) is 0 Å². The molecule has 0 unspecified atom stereocenters. The van der Waals surface area contributed by atoms with E-state index in [1.165, 1.54) is 0 Å². The lowest BCUT2D eigenvalue weighted by Crippen LogP contribution is -2.47. The lowest BCUT2D eigenvalue weighted by atomic mass is 10.4. The van der Waals surface area contributed by atoms with Gasteiger partial charge in [-0.2, -0.15) is 0 Å². The van der Waals surface area contributed by atoms with E-state index < -0.39 is 0 Å². The summed E-state index contributed by atoms with van der Waals surface area (Å²) in [6.07, 6.45) is 0. The summed E-state index contributed by atoms with van der Waals surface area (Å²) < 4.78 is 0. The Morgan fingerprint density at radius 2 is 1.36 bits per heavy atom. The third-order valence-electron chi connectivity index (χ3n) is 1.54. The van der Waals surface area contributed by atoms with Gasteiger partial charge in [0.2, 0.25) is 0 Å². The van der Waals surface area contributed by atoms with Crippen molar-refractivity contribution in [1.82, 2.24) is 9.91 Å². The van der Waals surface area contributed by atoms with Gasteiger partial charge < -0.3 is 10.4 Å². The normalized spacial score (nSPS) is 19.1. The fourth-order valence-corrected chi connectivity index (χ4v) is 0.822. The van der Waals surface area contributed by atoms with Crippen molar-refractivity contribution < 1.29 is 5.48 Å². The highest BCUT2D eigenvalue weighted by atomic mass is 35.5. The Hall–Kier alpha value is 0.420. The Morgan fingerprint density at radius 1 is 1.00 bits per heavy atom. The van der Waals surface area contributed by atoms with Crippen molar-refractivity contribution in [3.8, 4) is 0 Å². The molecule has 4 nitrogen and oxygen atoms in total. The minimum absolute atomic E-state index is 0. The fraction of sp³-hybridized carbons (Fsp3) is 1.00. The van der Waals surface area contributed by atoms with Crippen molar-refractivity contribution in [1.29, 1.82) is 0 Å². The van der Waals surface area contributed by atoms with Gasteiger partial charge in [-0.05, 0) is 7.05 Å². The van der Waals surface area contributed by atoms with E-state index in [2.05, 4.69) is 11.9 Å². The van der Waals surface area contributed by atoms with Crippen LogP contribution in [-0.4, -0.2) is 48.6 Å². The average Bonchev–Trinajstić information content (AvgIpc) is 1.77. The van der Waals surface area contributed by atoms with Crippen LogP contribution in [0, 0.1) is 0 Å². The predicted molar refractivity (Wildman–Crippen MR) is 51.4 cm³/mol. The minimum atomic E-state index is 0. The highest BCUT2D eigenvalue weighted by Crippen LogP contribution is 1.91. The summed E-state index contributed by atoms with van der Waals surface area (Å²) in [5.41, 5.74) is 0. The van der Waals surface area contributed by atoms with Crippen LogP contribution < -0.4 is 5.84 Å². The van der Waals surface area contributed by atoms with Crippen LogP contribution in [0.4, 0.5) is 0 Å². The molecule has 11 heavy (non-hydrogen) atoms. The highest BCUT2D eigenvalue weighted by molar-refractivity contribution is 5.85. The summed E-state index contributed by atoms with van der Waals surface area (Å²) in [4.78, 5) is 2.28. The monoisotopic (exact) mass is 205 g/mol.